The summed E-state index contributed by atoms with van der Waals surface area (Å²) >= 11 is 0. The summed E-state index contributed by atoms with van der Waals surface area (Å²) in [5.41, 5.74) is 7.89. The monoisotopic (exact) mass is 240 g/mol. The Morgan fingerprint density at radius 1 is 1.47 bits per heavy atom. The van der Waals surface area contributed by atoms with Gasteiger partial charge in [0.15, 0.2) is 0 Å². The SMILES string of the molecule is CCOCCN(C)c1c(N)c(C(C)C)nn1C. The zero-order valence-electron chi connectivity index (χ0n) is 11.5. The fourth-order valence-electron chi connectivity index (χ4n) is 1.88. The highest BCUT2D eigenvalue weighted by Gasteiger charge is 2.18. The van der Waals surface area contributed by atoms with E-state index in [0.29, 0.717) is 12.5 Å². The lowest BCUT2D eigenvalue weighted by Gasteiger charge is -2.19. The number of likely N-dealkylation sites (N-methyl/N-ethyl adjacent to an activating group) is 1. The van der Waals surface area contributed by atoms with Gasteiger partial charge in [-0.05, 0) is 12.8 Å². The average Bonchev–Trinajstić information content (AvgIpc) is 2.54. The Morgan fingerprint density at radius 3 is 2.59 bits per heavy atom. The van der Waals surface area contributed by atoms with Crippen LogP contribution in [0.5, 0.6) is 0 Å². The molecule has 1 rings (SSSR count). The number of anilines is 2. The van der Waals surface area contributed by atoms with Crippen molar-refractivity contribution in [2.24, 2.45) is 7.05 Å². The van der Waals surface area contributed by atoms with E-state index in [1.54, 1.807) is 0 Å². The van der Waals surface area contributed by atoms with Crippen LogP contribution in [-0.4, -0.2) is 36.6 Å². The van der Waals surface area contributed by atoms with E-state index in [1.165, 1.54) is 0 Å². The van der Waals surface area contributed by atoms with E-state index in [1.807, 2.05) is 25.7 Å². The highest BCUT2D eigenvalue weighted by molar-refractivity contribution is 5.66. The first kappa shape index (κ1) is 13.8. The van der Waals surface area contributed by atoms with Crippen LogP contribution >= 0.6 is 0 Å². The third kappa shape index (κ3) is 3.12. The molecule has 0 aliphatic rings. The molecule has 0 amide bonds. The Labute approximate surface area is 104 Å². The van der Waals surface area contributed by atoms with Gasteiger partial charge in [0.2, 0.25) is 0 Å². The van der Waals surface area contributed by atoms with Gasteiger partial charge in [0.25, 0.3) is 0 Å². The van der Waals surface area contributed by atoms with Crippen LogP contribution in [0.3, 0.4) is 0 Å². The Morgan fingerprint density at radius 2 is 2.12 bits per heavy atom. The topological polar surface area (TPSA) is 56.3 Å². The lowest BCUT2D eigenvalue weighted by molar-refractivity contribution is 0.154. The molecule has 0 atom stereocenters. The van der Waals surface area contributed by atoms with E-state index in [0.717, 1.165) is 30.4 Å². The molecule has 0 saturated carbocycles. The van der Waals surface area contributed by atoms with Gasteiger partial charge in [-0.3, -0.25) is 4.68 Å². The van der Waals surface area contributed by atoms with Gasteiger partial charge in [0, 0.05) is 27.2 Å². The van der Waals surface area contributed by atoms with Gasteiger partial charge in [-0.1, -0.05) is 13.8 Å². The standard InChI is InChI=1S/C12H24N4O/c1-6-17-8-7-15(4)12-10(13)11(9(2)3)14-16(12)5/h9H,6-8,13H2,1-5H3. The van der Waals surface area contributed by atoms with Crippen LogP contribution in [0.15, 0.2) is 0 Å². The second kappa shape index (κ2) is 5.91. The highest BCUT2D eigenvalue weighted by atomic mass is 16.5. The molecule has 0 aromatic carbocycles. The minimum Gasteiger partial charge on any atom is -0.394 e. The number of aromatic nitrogens is 2. The van der Waals surface area contributed by atoms with Gasteiger partial charge in [-0.15, -0.1) is 0 Å². The van der Waals surface area contributed by atoms with Crippen LogP contribution in [0.2, 0.25) is 0 Å². The van der Waals surface area contributed by atoms with Crippen LogP contribution in [0.1, 0.15) is 32.4 Å². The van der Waals surface area contributed by atoms with E-state index in [-0.39, 0.29) is 0 Å². The molecule has 0 fully saturated rings. The second-order valence-electron chi connectivity index (χ2n) is 4.52. The lowest BCUT2D eigenvalue weighted by Crippen LogP contribution is -2.25. The highest BCUT2D eigenvalue weighted by Crippen LogP contribution is 2.29. The molecule has 5 nitrogen and oxygen atoms in total. The van der Waals surface area contributed by atoms with Crippen molar-refractivity contribution in [1.29, 1.82) is 0 Å². The van der Waals surface area contributed by atoms with E-state index >= 15 is 0 Å². The molecule has 0 aliphatic carbocycles. The minimum absolute atomic E-state index is 0.343. The molecule has 5 heteroatoms. The zero-order valence-corrected chi connectivity index (χ0v) is 11.5. The number of nitrogens with two attached hydrogens (primary N) is 1. The number of nitrogens with zero attached hydrogens (tertiary/aromatic N) is 3. The van der Waals surface area contributed by atoms with Gasteiger partial charge in [0.05, 0.1) is 18.0 Å². The molecular weight excluding hydrogens is 216 g/mol. The summed E-state index contributed by atoms with van der Waals surface area (Å²) in [6.07, 6.45) is 0. The van der Waals surface area contributed by atoms with E-state index < -0.39 is 0 Å². The summed E-state index contributed by atoms with van der Waals surface area (Å²) in [5.74, 6) is 1.31. The van der Waals surface area contributed by atoms with Crippen molar-refractivity contribution < 1.29 is 4.74 Å². The number of ether oxygens (including phenoxy) is 1. The Bertz CT molecular complexity index is 360. The maximum Gasteiger partial charge on any atom is 0.150 e. The summed E-state index contributed by atoms with van der Waals surface area (Å²) in [4.78, 5) is 2.09. The summed E-state index contributed by atoms with van der Waals surface area (Å²) in [7, 11) is 3.94. The molecule has 0 spiro atoms. The van der Waals surface area contributed by atoms with Gasteiger partial charge in [-0.25, -0.2) is 0 Å². The molecule has 1 heterocycles. The van der Waals surface area contributed by atoms with E-state index in [2.05, 4.69) is 23.8 Å². The number of rotatable bonds is 6. The predicted molar refractivity (Wildman–Crippen MR) is 71.5 cm³/mol. The molecule has 2 N–H and O–H groups in total. The number of hydrogen-bond donors (Lipinski definition) is 1. The van der Waals surface area contributed by atoms with Crippen molar-refractivity contribution in [2.75, 3.05) is 37.4 Å². The Balaban J connectivity index is 2.82. The summed E-state index contributed by atoms with van der Waals surface area (Å²) in [6, 6.07) is 0. The van der Waals surface area contributed by atoms with Crippen LogP contribution in [0.4, 0.5) is 11.5 Å². The lowest BCUT2D eigenvalue weighted by atomic mass is 10.1. The molecule has 0 saturated heterocycles. The number of aryl methyl sites for hydroxylation is 1. The van der Waals surface area contributed by atoms with E-state index in [4.69, 9.17) is 10.5 Å². The van der Waals surface area contributed by atoms with Crippen molar-refractivity contribution >= 4 is 11.5 Å². The quantitative estimate of drug-likeness (QED) is 0.767. The third-order valence-corrected chi connectivity index (χ3v) is 2.76. The summed E-state index contributed by atoms with van der Waals surface area (Å²) < 4.78 is 7.19. The van der Waals surface area contributed by atoms with E-state index in [9.17, 15) is 0 Å². The predicted octanol–water partition coefficient (Wildman–Crippen LogP) is 1.60. The largest absolute Gasteiger partial charge is 0.394 e. The molecular formula is C12H24N4O. The van der Waals surface area contributed by atoms with Crippen molar-refractivity contribution in [3.63, 3.8) is 0 Å². The average molecular weight is 240 g/mol. The van der Waals surface area contributed by atoms with Crippen molar-refractivity contribution in [3.8, 4) is 0 Å². The van der Waals surface area contributed by atoms with Gasteiger partial charge < -0.3 is 15.4 Å². The van der Waals surface area contributed by atoms with Crippen molar-refractivity contribution in [2.45, 2.75) is 26.7 Å². The fourth-order valence-corrected chi connectivity index (χ4v) is 1.88. The molecule has 0 aliphatic heterocycles. The first-order valence-corrected chi connectivity index (χ1v) is 6.10. The van der Waals surface area contributed by atoms with Crippen LogP contribution in [0.25, 0.3) is 0 Å². The molecule has 1 aromatic heterocycles. The van der Waals surface area contributed by atoms with Gasteiger partial charge in [-0.2, -0.15) is 5.10 Å². The van der Waals surface area contributed by atoms with Gasteiger partial charge in [0.1, 0.15) is 5.82 Å². The van der Waals surface area contributed by atoms with Crippen LogP contribution in [0, 0.1) is 0 Å². The first-order chi connectivity index (χ1) is 7.99. The minimum atomic E-state index is 0.343. The fraction of sp³-hybridized carbons (Fsp3) is 0.750. The Kier molecular flexibility index (Phi) is 4.81. The maximum absolute atomic E-state index is 6.14. The first-order valence-electron chi connectivity index (χ1n) is 6.10. The Hall–Kier alpha value is -1.23. The number of nitrogen functional groups attached to an aromatic ring is 1. The molecule has 1 aromatic rings. The summed E-state index contributed by atoms with van der Waals surface area (Å²) in [5, 5.41) is 4.47. The van der Waals surface area contributed by atoms with Crippen LogP contribution in [-0.2, 0) is 11.8 Å². The normalized spacial score (nSPS) is 11.2. The molecule has 0 unspecified atom stereocenters. The third-order valence-electron chi connectivity index (χ3n) is 2.76. The molecule has 0 bridgehead atoms. The summed E-state index contributed by atoms with van der Waals surface area (Å²) in [6.45, 7) is 8.45. The second-order valence-corrected chi connectivity index (χ2v) is 4.52. The number of hydrogen-bond acceptors (Lipinski definition) is 4. The van der Waals surface area contributed by atoms with Crippen molar-refractivity contribution in [1.82, 2.24) is 9.78 Å². The molecule has 17 heavy (non-hydrogen) atoms. The molecule has 0 radical (unpaired) electrons. The molecule has 98 valence electrons. The van der Waals surface area contributed by atoms with Crippen molar-refractivity contribution in [3.05, 3.63) is 5.69 Å². The van der Waals surface area contributed by atoms with Crippen LogP contribution < -0.4 is 10.6 Å². The maximum atomic E-state index is 6.14. The smallest absolute Gasteiger partial charge is 0.150 e. The van der Waals surface area contributed by atoms with Gasteiger partial charge >= 0.3 is 0 Å². The zero-order chi connectivity index (χ0) is 13.0.